The first kappa shape index (κ1) is 20.2. The number of hydrogen-bond acceptors (Lipinski definition) is 7. The Kier molecular flexibility index (Phi) is 5.99. The molecule has 0 bridgehead atoms. The first-order valence-electron chi connectivity index (χ1n) is 8.60. The van der Waals surface area contributed by atoms with Gasteiger partial charge in [-0.1, -0.05) is 6.07 Å². The van der Waals surface area contributed by atoms with E-state index in [0.29, 0.717) is 11.6 Å². The quantitative estimate of drug-likeness (QED) is 0.623. The first-order valence-corrected chi connectivity index (χ1v) is 10.1. The van der Waals surface area contributed by atoms with Crippen molar-refractivity contribution in [2.24, 2.45) is 0 Å². The fourth-order valence-corrected chi connectivity index (χ4v) is 3.51. The Morgan fingerprint density at radius 2 is 1.69 bits per heavy atom. The average Bonchev–Trinajstić information content (AvgIpc) is 2.73. The molecule has 0 aliphatic rings. The predicted octanol–water partition coefficient (Wildman–Crippen LogP) is 2.42. The van der Waals surface area contributed by atoms with E-state index in [9.17, 15) is 13.2 Å². The van der Waals surface area contributed by atoms with Crippen molar-refractivity contribution in [3.63, 3.8) is 0 Å². The Morgan fingerprint density at radius 3 is 2.28 bits per heavy atom. The van der Waals surface area contributed by atoms with Crippen LogP contribution in [-0.2, 0) is 14.6 Å². The number of carbonyl (C=O) groups is 1. The van der Waals surface area contributed by atoms with E-state index in [4.69, 9.17) is 0 Å². The molecule has 2 aromatic heterocycles. The molecule has 9 heteroatoms. The van der Waals surface area contributed by atoms with Gasteiger partial charge in [0.05, 0.1) is 17.3 Å². The maximum Gasteiger partial charge on any atom is 0.248 e. The van der Waals surface area contributed by atoms with Crippen LogP contribution in [0.15, 0.2) is 77.1 Å². The molecule has 1 aromatic carbocycles. The van der Waals surface area contributed by atoms with Crippen LogP contribution in [0.5, 0.6) is 0 Å². The van der Waals surface area contributed by atoms with Crippen LogP contribution in [0.25, 0.3) is 6.08 Å². The highest BCUT2D eigenvalue weighted by atomic mass is 32.2. The standard InChI is InChI=1S/C20H19N5O3S/c1-25(2)20-22-13-18(14-23-20)29(27,28)17-8-6-16(7-9-17)24-19(26)10-5-15-4-3-11-21-12-15/h3-14H,1-2H3,(H,24,26). The van der Waals surface area contributed by atoms with Crippen molar-refractivity contribution in [1.29, 1.82) is 0 Å². The first-order chi connectivity index (χ1) is 13.9. The van der Waals surface area contributed by atoms with Gasteiger partial charge in [-0.3, -0.25) is 9.78 Å². The Hall–Kier alpha value is -3.59. The predicted molar refractivity (Wildman–Crippen MR) is 110 cm³/mol. The summed E-state index contributed by atoms with van der Waals surface area (Å²) in [4.78, 5) is 25.8. The number of nitrogens with one attached hydrogen (secondary N) is 1. The summed E-state index contributed by atoms with van der Waals surface area (Å²) in [6.07, 6.45) is 8.85. The third-order valence-corrected chi connectivity index (χ3v) is 5.59. The molecule has 0 fully saturated rings. The normalized spacial score (nSPS) is 11.4. The molecule has 0 spiro atoms. The lowest BCUT2D eigenvalue weighted by Gasteiger charge is -2.10. The van der Waals surface area contributed by atoms with Crippen LogP contribution in [0.4, 0.5) is 11.6 Å². The second-order valence-corrected chi connectivity index (χ2v) is 8.20. The monoisotopic (exact) mass is 409 g/mol. The number of carbonyl (C=O) groups excluding carboxylic acids is 1. The zero-order chi connectivity index (χ0) is 20.9. The number of anilines is 2. The lowest BCUT2D eigenvalue weighted by Crippen LogP contribution is -2.13. The number of amides is 1. The molecule has 0 atom stereocenters. The summed E-state index contributed by atoms with van der Waals surface area (Å²) in [5.74, 6) is 0.0819. The molecule has 3 aromatic rings. The summed E-state index contributed by atoms with van der Waals surface area (Å²) in [7, 11) is -0.217. The van der Waals surface area contributed by atoms with E-state index < -0.39 is 9.84 Å². The highest BCUT2D eigenvalue weighted by Crippen LogP contribution is 2.22. The largest absolute Gasteiger partial charge is 0.347 e. The lowest BCUT2D eigenvalue weighted by molar-refractivity contribution is -0.111. The highest BCUT2D eigenvalue weighted by Gasteiger charge is 2.19. The maximum absolute atomic E-state index is 12.7. The van der Waals surface area contributed by atoms with Crippen molar-refractivity contribution >= 4 is 33.5 Å². The molecular formula is C20H19N5O3S. The smallest absolute Gasteiger partial charge is 0.248 e. The second-order valence-electron chi connectivity index (χ2n) is 6.25. The molecule has 0 saturated heterocycles. The topological polar surface area (TPSA) is 105 Å². The number of benzene rings is 1. The van der Waals surface area contributed by atoms with Gasteiger partial charge in [-0.2, -0.15) is 0 Å². The van der Waals surface area contributed by atoms with Crippen LogP contribution >= 0.6 is 0 Å². The number of pyridine rings is 1. The van der Waals surface area contributed by atoms with Gasteiger partial charge in [0, 0.05) is 38.3 Å². The lowest BCUT2D eigenvalue weighted by atomic mass is 10.2. The van der Waals surface area contributed by atoms with Crippen LogP contribution in [0.3, 0.4) is 0 Å². The molecule has 8 nitrogen and oxygen atoms in total. The number of hydrogen-bond donors (Lipinski definition) is 1. The number of rotatable bonds is 6. The van der Waals surface area contributed by atoms with Gasteiger partial charge in [0.2, 0.25) is 21.7 Å². The summed E-state index contributed by atoms with van der Waals surface area (Å²) in [6.45, 7) is 0. The molecular weight excluding hydrogens is 390 g/mol. The van der Waals surface area contributed by atoms with Crippen molar-refractivity contribution in [2.75, 3.05) is 24.3 Å². The molecule has 2 heterocycles. The summed E-state index contributed by atoms with van der Waals surface area (Å²) in [5, 5.41) is 2.68. The van der Waals surface area contributed by atoms with Crippen molar-refractivity contribution < 1.29 is 13.2 Å². The molecule has 0 saturated carbocycles. The number of sulfone groups is 1. The van der Waals surface area contributed by atoms with E-state index in [1.54, 1.807) is 43.5 Å². The van der Waals surface area contributed by atoms with Gasteiger partial charge < -0.3 is 10.2 Å². The summed E-state index contributed by atoms with van der Waals surface area (Å²) >= 11 is 0. The third kappa shape index (κ3) is 5.02. The van der Waals surface area contributed by atoms with Crippen molar-refractivity contribution in [2.45, 2.75) is 9.79 Å². The highest BCUT2D eigenvalue weighted by molar-refractivity contribution is 7.91. The Bertz CT molecular complexity index is 1110. The summed E-state index contributed by atoms with van der Waals surface area (Å²) < 4.78 is 25.4. The van der Waals surface area contributed by atoms with E-state index in [0.717, 1.165) is 5.56 Å². The molecule has 1 N–H and O–H groups in total. The van der Waals surface area contributed by atoms with Gasteiger partial charge in [-0.15, -0.1) is 0 Å². The average molecular weight is 409 g/mol. The second kappa shape index (κ2) is 8.61. The Morgan fingerprint density at radius 1 is 1.00 bits per heavy atom. The van der Waals surface area contributed by atoms with Crippen LogP contribution < -0.4 is 10.2 Å². The Balaban J connectivity index is 1.70. The minimum atomic E-state index is -3.75. The number of aromatic nitrogens is 3. The van der Waals surface area contributed by atoms with E-state index in [-0.39, 0.29) is 15.7 Å². The number of nitrogens with zero attached hydrogens (tertiary/aromatic N) is 4. The van der Waals surface area contributed by atoms with Crippen molar-refractivity contribution in [1.82, 2.24) is 15.0 Å². The van der Waals surface area contributed by atoms with Gasteiger partial charge in [0.25, 0.3) is 0 Å². The summed E-state index contributed by atoms with van der Waals surface area (Å²) in [6, 6.07) is 9.50. The van der Waals surface area contributed by atoms with Crippen molar-refractivity contribution in [3.05, 3.63) is 72.8 Å². The van der Waals surface area contributed by atoms with Gasteiger partial charge in [0.1, 0.15) is 4.90 Å². The van der Waals surface area contributed by atoms with E-state index in [2.05, 4.69) is 20.3 Å². The molecule has 0 unspecified atom stereocenters. The fraction of sp³-hybridized carbons (Fsp3) is 0.100. The van der Waals surface area contributed by atoms with Crippen LogP contribution in [0, 0.1) is 0 Å². The van der Waals surface area contributed by atoms with Crippen LogP contribution in [0.2, 0.25) is 0 Å². The van der Waals surface area contributed by atoms with Gasteiger partial charge in [-0.25, -0.2) is 18.4 Å². The van der Waals surface area contributed by atoms with E-state index >= 15 is 0 Å². The molecule has 3 rings (SSSR count). The molecule has 29 heavy (non-hydrogen) atoms. The van der Waals surface area contributed by atoms with Gasteiger partial charge in [0.15, 0.2) is 0 Å². The molecule has 0 aliphatic carbocycles. The molecule has 1 amide bonds. The fourth-order valence-electron chi connectivity index (χ4n) is 2.36. The molecule has 0 aliphatic heterocycles. The summed E-state index contributed by atoms with van der Waals surface area (Å²) in [5.41, 5.74) is 1.27. The SMILES string of the molecule is CN(C)c1ncc(S(=O)(=O)c2ccc(NC(=O)C=Cc3cccnc3)cc2)cn1. The van der Waals surface area contributed by atoms with Gasteiger partial charge in [-0.05, 0) is 42.0 Å². The zero-order valence-corrected chi connectivity index (χ0v) is 16.7. The van der Waals surface area contributed by atoms with E-state index in [1.165, 1.54) is 42.7 Å². The molecule has 0 radical (unpaired) electrons. The van der Waals surface area contributed by atoms with Crippen LogP contribution in [-0.4, -0.2) is 43.4 Å². The van der Waals surface area contributed by atoms with Crippen LogP contribution in [0.1, 0.15) is 5.56 Å². The minimum Gasteiger partial charge on any atom is -0.347 e. The maximum atomic E-state index is 12.7. The van der Waals surface area contributed by atoms with Gasteiger partial charge >= 0.3 is 0 Å². The molecule has 148 valence electrons. The Labute approximate surface area is 168 Å². The third-order valence-electron chi connectivity index (χ3n) is 3.87. The van der Waals surface area contributed by atoms with Crippen molar-refractivity contribution in [3.8, 4) is 0 Å². The van der Waals surface area contributed by atoms with E-state index in [1.807, 2.05) is 6.07 Å². The minimum absolute atomic E-state index is 0.000658. The zero-order valence-electron chi connectivity index (χ0n) is 15.9.